The number of hydrazone groups is 1. The summed E-state index contributed by atoms with van der Waals surface area (Å²) in [5, 5.41) is 4.07. The number of hydrogen-bond acceptors (Lipinski definition) is 7. The van der Waals surface area contributed by atoms with Crippen molar-refractivity contribution in [2.75, 3.05) is 21.3 Å². The summed E-state index contributed by atoms with van der Waals surface area (Å²) >= 11 is 0. The summed E-state index contributed by atoms with van der Waals surface area (Å²) in [6.07, 6.45) is 2.14. The molecule has 8 heteroatoms. The first-order valence-electron chi connectivity index (χ1n) is 9.26. The van der Waals surface area contributed by atoms with Crippen molar-refractivity contribution >= 4 is 12.1 Å². The predicted molar refractivity (Wildman–Crippen MR) is 110 cm³/mol. The molecule has 8 nitrogen and oxygen atoms in total. The number of rotatable bonds is 7. The van der Waals surface area contributed by atoms with Crippen molar-refractivity contribution in [3.63, 3.8) is 0 Å². The molecule has 3 N–H and O–H groups in total. The topological polar surface area (TPSA) is 93.2 Å². The van der Waals surface area contributed by atoms with Crippen LogP contribution in [0.15, 0.2) is 41.5 Å². The van der Waals surface area contributed by atoms with Gasteiger partial charge in [0.2, 0.25) is 5.75 Å². The maximum absolute atomic E-state index is 12.4. The maximum Gasteiger partial charge on any atom is 0.258 e. The fourth-order valence-corrected chi connectivity index (χ4v) is 3.21. The number of hydrogen-bond donors (Lipinski definition) is 3. The zero-order valence-corrected chi connectivity index (χ0v) is 17.0. The van der Waals surface area contributed by atoms with Gasteiger partial charge in [-0.3, -0.25) is 4.79 Å². The average molecular weight is 398 g/mol. The average Bonchev–Trinajstić information content (AvgIpc) is 3.24. The van der Waals surface area contributed by atoms with Crippen molar-refractivity contribution in [3.05, 3.63) is 53.1 Å². The molecule has 29 heavy (non-hydrogen) atoms. The van der Waals surface area contributed by atoms with Gasteiger partial charge in [0.25, 0.3) is 5.91 Å². The first-order valence-corrected chi connectivity index (χ1v) is 9.26. The molecule has 1 aliphatic rings. The summed E-state index contributed by atoms with van der Waals surface area (Å²) in [6, 6.07) is 11.5. The van der Waals surface area contributed by atoms with Crippen LogP contribution in [0.5, 0.6) is 17.2 Å². The number of nitrogens with zero attached hydrogens (tertiary/aromatic N) is 1. The van der Waals surface area contributed by atoms with Crippen molar-refractivity contribution in [1.82, 2.24) is 16.3 Å². The predicted octanol–water partition coefficient (Wildman–Crippen LogP) is 2.08. The summed E-state index contributed by atoms with van der Waals surface area (Å²) in [7, 11) is 4.62. The number of methoxy groups -OCH3 is 3. The molecule has 3 rings (SSSR count). The molecule has 2 aromatic carbocycles. The Morgan fingerprint density at radius 2 is 1.76 bits per heavy atom. The Balaban J connectivity index is 1.62. The molecule has 1 amide bonds. The number of amides is 1. The van der Waals surface area contributed by atoms with Crippen LogP contribution >= 0.6 is 0 Å². The minimum atomic E-state index is -0.384. The highest BCUT2D eigenvalue weighted by molar-refractivity contribution is 5.88. The Morgan fingerprint density at radius 1 is 1.03 bits per heavy atom. The van der Waals surface area contributed by atoms with E-state index in [9.17, 15) is 4.79 Å². The minimum absolute atomic E-state index is 0.0706. The van der Waals surface area contributed by atoms with E-state index in [0.29, 0.717) is 29.2 Å². The van der Waals surface area contributed by atoms with E-state index in [4.69, 9.17) is 14.2 Å². The normalized spacial score (nSPS) is 18.6. The molecule has 1 aliphatic heterocycles. The lowest BCUT2D eigenvalue weighted by Gasteiger charge is -2.13. The molecule has 0 saturated carbocycles. The van der Waals surface area contributed by atoms with E-state index in [2.05, 4.69) is 45.6 Å². The third kappa shape index (κ3) is 4.67. The second-order valence-corrected chi connectivity index (χ2v) is 6.70. The van der Waals surface area contributed by atoms with Gasteiger partial charge in [-0.25, -0.2) is 16.3 Å². The number of ether oxygens (including phenoxy) is 3. The van der Waals surface area contributed by atoms with E-state index in [1.54, 1.807) is 19.2 Å². The first-order chi connectivity index (χ1) is 14.1. The molecule has 0 bridgehead atoms. The summed E-state index contributed by atoms with van der Waals surface area (Å²) in [5.74, 6) is 1.27. The Kier molecular flexibility index (Phi) is 6.69. The molecule has 2 unspecified atom stereocenters. The lowest BCUT2D eigenvalue weighted by molar-refractivity contribution is -0.122. The van der Waals surface area contributed by atoms with Crippen LogP contribution in [-0.4, -0.2) is 39.5 Å². The van der Waals surface area contributed by atoms with Gasteiger partial charge in [-0.05, 0) is 31.0 Å². The quantitative estimate of drug-likeness (QED) is 0.488. The summed E-state index contributed by atoms with van der Waals surface area (Å²) in [5.41, 5.74) is 11.8. The number of nitrogens with one attached hydrogen (secondary N) is 3. The Labute approximate surface area is 170 Å². The van der Waals surface area contributed by atoms with Crippen LogP contribution in [0.3, 0.4) is 0 Å². The monoisotopic (exact) mass is 398 g/mol. The van der Waals surface area contributed by atoms with Gasteiger partial charge in [0.1, 0.15) is 6.04 Å². The lowest BCUT2D eigenvalue weighted by atomic mass is 10.0. The van der Waals surface area contributed by atoms with Crippen molar-refractivity contribution < 1.29 is 19.0 Å². The standard InChI is InChI=1S/C21H26N4O4/c1-13-5-7-14(8-6-13)16-11-17(24-23-16)21(26)25-22-12-15-9-10-18(27-2)20(29-4)19(15)28-3/h5-10,12,16-17,23-24H,11H2,1-4H3,(H,25,26)/b22-12+. The van der Waals surface area contributed by atoms with Crippen LogP contribution in [0.25, 0.3) is 0 Å². The molecule has 1 fully saturated rings. The number of aryl methyl sites for hydroxylation is 1. The molecular weight excluding hydrogens is 372 g/mol. The highest BCUT2D eigenvalue weighted by Gasteiger charge is 2.30. The largest absolute Gasteiger partial charge is 0.493 e. The fraction of sp³-hybridized carbons (Fsp3) is 0.333. The van der Waals surface area contributed by atoms with Crippen molar-refractivity contribution in [2.24, 2.45) is 5.10 Å². The maximum atomic E-state index is 12.4. The SMILES string of the molecule is COc1ccc(/C=N/NC(=O)C2CC(c3ccc(C)cc3)NN2)c(OC)c1OC. The molecule has 0 spiro atoms. The second kappa shape index (κ2) is 9.40. The van der Waals surface area contributed by atoms with Crippen LogP contribution in [-0.2, 0) is 4.79 Å². The molecule has 1 heterocycles. The van der Waals surface area contributed by atoms with Gasteiger partial charge in [-0.2, -0.15) is 5.10 Å². The molecule has 1 saturated heterocycles. The van der Waals surface area contributed by atoms with Crippen molar-refractivity contribution in [1.29, 1.82) is 0 Å². The zero-order valence-electron chi connectivity index (χ0n) is 17.0. The van der Waals surface area contributed by atoms with Gasteiger partial charge in [-0.1, -0.05) is 29.8 Å². The van der Waals surface area contributed by atoms with Gasteiger partial charge >= 0.3 is 0 Å². The van der Waals surface area contributed by atoms with Crippen LogP contribution in [0.1, 0.15) is 29.2 Å². The summed E-state index contributed by atoms with van der Waals surface area (Å²) in [4.78, 5) is 12.4. The Morgan fingerprint density at radius 3 is 2.41 bits per heavy atom. The number of hydrazine groups is 1. The van der Waals surface area contributed by atoms with Crippen LogP contribution in [0, 0.1) is 6.92 Å². The third-order valence-corrected chi connectivity index (χ3v) is 4.81. The highest BCUT2D eigenvalue weighted by Crippen LogP contribution is 2.38. The molecule has 0 aliphatic carbocycles. The Hall–Kier alpha value is -3.10. The zero-order chi connectivity index (χ0) is 20.8. The van der Waals surface area contributed by atoms with E-state index >= 15 is 0 Å². The first kappa shape index (κ1) is 20.6. The lowest BCUT2D eigenvalue weighted by Crippen LogP contribution is -2.41. The molecule has 154 valence electrons. The van der Waals surface area contributed by atoms with Crippen molar-refractivity contribution in [2.45, 2.75) is 25.4 Å². The van der Waals surface area contributed by atoms with Gasteiger partial charge in [-0.15, -0.1) is 0 Å². The van der Waals surface area contributed by atoms with Crippen LogP contribution < -0.4 is 30.5 Å². The number of carbonyl (C=O) groups is 1. The molecule has 0 aromatic heterocycles. The molecule has 0 radical (unpaired) electrons. The van der Waals surface area contributed by atoms with E-state index in [-0.39, 0.29) is 18.0 Å². The third-order valence-electron chi connectivity index (χ3n) is 4.81. The van der Waals surface area contributed by atoms with Crippen LogP contribution in [0.4, 0.5) is 0 Å². The molecule has 2 aromatic rings. The summed E-state index contributed by atoms with van der Waals surface area (Å²) < 4.78 is 16.0. The minimum Gasteiger partial charge on any atom is -0.493 e. The summed E-state index contributed by atoms with van der Waals surface area (Å²) in [6.45, 7) is 2.05. The molecular formula is C21H26N4O4. The van der Waals surface area contributed by atoms with Crippen molar-refractivity contribution in [3.8, 4) is 17.2 Å². The van der Waals surface area contributed by atoms with E-state index < -0.39 is 0 Å². The second-order valence-electron chi connectivity index (χ2n) is 6.70. The van der Waals surface area contributed by atoms with Gasteiger partial charge in [0.05, 0.1) is 27.5 Å². The van der Waals surface area contributed by atoms with E-state index in [1.807, 2.05) is 6.92 Å². The molecule has 2 atom stereocenters. The number of benzene rings is 2. The van der Waals surface area contributed by atoms with E-state index in [0.717, 1.165) is 5.56 Å². The number of carbonyl (C=O) groups excluding carboxylic acids is 1. The van der Waals surface area contributed by atoms with E-state index in [1.165, 1.54) is 26.0 Å². The fourth-order valence-electron chi connectivity index (χ4n) is 3.21. The van der Waals surface area contributed by atoms with Gasteiger partial charge < -0.3 is 14.2 Å². The van der Waals surface area contributed by atoms with Gasteiger partial charge in [0.15, 0.2) is 11.5 Å². The van der Waals surface area contributed by atoms with Crippen LogP contribution in [0.2, 0.25) is 0 Å². The smallest absolute Gasteiger partial charge is 0.258 e. The van der Waals surface area contributed by atoms with Gasteiger partial charge in [0, 0.05) is 11.6 Å². The highest BCUT2D eigenvalue weighted by atomic mass is 16.5. The Bertz CT molecular complexity index is 883.